The second-order valence-corrected chi connectivity index (χ2v) is 9.54. The van der Waals surface area contributed by atoms with Crippen LogP contribution in [0, 0.1) is 0 Å². The Morgan fingerprint density at radius 1 is 1.10 bits per heavy atom. The van der Waals surface area contributed by atoms with Crippen LogP contribution >= 0.6 is 23.1 Å². The molecule has 30 heavy (non-hydrogen) atoms. The number of benzene rings is 1. The summed E-state index contributed by atoms with van der Waals surface area (Å²) in [5, 5.41) is 11.0. The van der Waals surface area contributed by atoms with Crippen molar-refractivity contribution in [2.75, 3.05) is 5.75 Å². The summed E-state index contributed by atoms with van der Waals surface area (Å²) < 4.78 is 1.98. The van der Waals surface area contributed by atoms with E-state index in [4.69, 9.17) is 0 Å². The average Bonchev–Trinajstić information content (AvgIpc) is 3.39. The number of thiophene rings is 1. The average molecular weight is 444 g/mol. The molecule has 0 aliphatic rings. The van der Waals surface area contributed by atoms with Crippen LogP contribution in [0.5, 0.6) is 0 Å². The van der Waals surface area contributed by atoms with Crippen LogP contribution in [0.15, 0.2) is 46.9 Å². The van der Waals surface area contributed by atoms with Gasteiger partial charge in [-0.1, -0.05) is 62.9 Å². The van der Waals surface area contributed by atoms with Crippen molar-refractivity contribution in [3.05, 3.63) is 52.2 Å². The molecule has 2 aromatic heterocycles. The first-order valence-corrected chi connectivity index (χ1v) is 11.5. The smallest absolute Gasteiger partial charge is 0.279 e. The maximum absolute atomic E-state index is 12.1. The Bertz CT molecular complexity index is 1010. The van der Waals surface area contributed by atoms with Gasteiger partial charge in [0.2, 0.25) is 5.91 Å². The third-order valence-electron chi connectivity index (χ3n) is 4.43. The van der Waals surface area contributed by atoms with Gasteiger partial charge in [0.1, 0.15) is 0 Å². The molecule has 3 aromatic rings. The van der Waals surface area contributed by atoms with Gasteiger partial charge in [0.15, 0.2) is 11.0 Å². The summed E-state index contributed by atoms with van der Waals surface area (Å²) in [6.45, 7) is 9.24. The fourth-order valence-corrected chi connectivity index (χ4v) is 4.20. The monoisotopic (exact) mass is 443 g/mol. The number of rotatable bonds is 6. The Balaban J connectivity index is 1.61. The molecule has 2 N–H and O–H groups in total. The third kappa shape index (κ3) is 5.28. The van der Waals surface area contributed by atoms with Gasteiger partial charge in [0, 0.05) is 12.1 Å². The Labute approximate surface area is 184 Å². The fourth-order valence-electron chi connectivity index (χ4n) is 2.78. The molecule has 0 aliphatic heterocycles. The van der Waals surface area contributed by atoms with Gasteiger partial charge in [-0.05, 0) is 29.3 Å². The van der Waals surface area contributed by atoms with Crippen molar-refractivity contribution in [3.63, 3.8) is 0 Å². The van der Waals surface area contributed by atoms with Crippen LogP contribution in [0.4, 0.5) is 0 Å². The van der Waals surface area contributed by atoms with E-state index < -0.39 is 0 Å². The van der Waals surface area contributed by atoms with Crippen molar-refractivity contribution >= 4 is 34.9 Å². The molecule has 1 aromatic carbocycles. The summed E-state index contributed by atoms with van der Waals surface area (Å²) >= 11 is 2.59. The molecule has 0 saturated carbocycles. The summed E-state index contributed by atoms with van der Waals surface area (Å²) in [5.41, 5.74) is 7.17. The number of hydrazine groups is 1. The third-order valence-corrected chi connectivity index (χ3v) is 6.27. The fraction of sp³-hybridized carbons (Fsp3) is 0.333. The molecule has 0 saturated heterocycles. The minimum absolute atomic E-state index is 0.0876. The normalized spacial score (nSPS) is 11.3. The van der Waals surface area contributed by atoms with E-state index in [2.05, 4.69) is 66.1 Å². The van der Waals surface area contributed by atoms with Crippen LogP contribution in [0.25, 0.3) is 11.4 Å². The number of hydrogen-bond donors (Lipinski definition) is 2. The van der Waals surface area contributed by atoms with Crippen molar-refractivity contribution in [2.45, 2.75) is 44.8 Å². The van der Waals surface area contributed by atoms with Crippen molar-refractivity contribution < 1.29 is 9.59 Å². The highest BCUT2D eigenvalue weighted by atomic mass is 32.2. The van der Waals surface area contributed by atoms with Gasteiger partial charge in [0.05, 0.1) is 10.6 Å². The highest BCUT2D eigenvalue weighted by molar-refractivity contribution is 7.99. The van der Waals surface area contributed by atoms with Crippen molar-refractivity contribution in [3.8, 4) is 11.4 Å². The largest absolute Gasteiger partial charge is 0.302 e. The van der Waals surface area contributed by atoms with E-state index in [1.165, 1.54) is 28.7 Å². The SMILES string of the molecule is CCn1c(SCC(=O)NNC(=O)c2cccs2)nnc1-c1ccc(C(C)(C)C)cc1. The van der Waals surface area contributed by atoms with Crippen LogP contribution in [-0.4, -0.2) is 32.3 Å². The first kappa shape index (κ1) is 22.0. The first-order valence-electron chi connectivity index (χ1n) is 9.59. The second-order valence-electron chi connectivity index (χ2n) is 7.65. The lowest BCUT2D eigenvalue weighted by Gasteiger charge is -2.19. The number of aromatic nitrogens is 3. The van der Waals surface area contributed by atoms with Crippen LogP contribution in [0.3, 0.4) is 0 Å². The summed E-state index contributed by atoms with van der Waals surface area (Å²) in [6.07, 6.45) is 0. The Morgan fingerprint density at radius 2 is 1.83 bits per heavy atom. The molecule has 2 heterocycles. The highest BCUT2D eigenvalue weighted by Crippen LogP contribution is 2.27. The van der Waals surface area contributed by atoms with Crippen LogP contribution in [-0.2, 0) is 16.8 Å². The first-order chi connectivity index (χ1) is 14.3. The number of hydrogen-bond acceptors (Lipinski definition) is 6. The molecule has 0 fully saturated rings. The molecule has 9 heteroatoms. The molecule has 0 bridgehead atoms. The van der Waals surface area contributed by atoms with Gasteiger partial charge < -0.3 is 4.57 Å². The minimum Gasteiger partial charge on any atom is -0.302 e. The predicted molar refractivity (Wildman–Crippen MR) is 120 cm³/mol. The number of carbonyl (C=O) groups is 2. The van der Waals surface area contributed by atoms with E-state index in [9.17, 15) is 9.59 Å². The lowest BCUT2D eigenvalue weighted by atomic mass is 9.87. The molecule has 0 spiro atoms. The minimum atomic E-state index is -0.332. The summed E-state index contributed by atoms with van der Waals surface area (Å²) in [7, 11) is 0. The van der Waals surface area contributed by atoms with Crippen LogP contribution in [0.2, 0.25) is 0 Å². The molecule has 0 unspecified atom stereocenters. The lowest BCUT2D eigenvalue weighted by Crippen LogP contribution is -2.42. The van der Waals surface area contributed by atoms with Crippen molar-refractivity contribution in [1.29, 1.82) is 0 Å². The molecule has 7 nitrogen and oxygen atoms in total. The van der Waals surface area contributed by atoms with Crippen molar-refractivity contribution in [1.82, 2.24) is 25.6 Å². The Hall–Kier alpha value is -2.65. The van der Waals surface area contributed by atoms with E-state index in [1.54, 1.807) is 17.5 Å². The second kappa shape index (κ2) is 9.44. The van der Waals surface area contributed by atoms with E-state index in [-0.39, 0.29) is 23.0 Å². The van der Waals surface area contributed by atoms with Gasteiger partial charge in [-0.15, -0.1) is 21.5 Å². The quantitative estimate of drug-likeness (QED) is 0.446. The van der Waals surface area contributed by atoms with E-state index in [0.29, 0.717) is 16.6 Å². The molecule has 158 valence electrons. The van der Waals surface area contributed by atoms with Crippen LogP contribution in [0.1, 0.15) is 42.9 Å². The predicted octanol–water partition coefficient (Wildman–Crippen LogP) is 3.88. The van der Waals surface area contributed by atoms with E-state index in [0.717, 1.165) is 11.4 Å². The van der Waals surface area contributed by atoms with Gasteiger partial charge in [-0.2, -0.15) is 0 Å². The molecule has 0 aliphatic carbocycles. The molecular formula is C21H25N5O2S2. The summed E-state index contributed by atoms with van der Waals surface area (Å²) in [4.78, 5) is 24.5. The van der Waals surface area contributed by atoms with Crippen molar-refractivity contribution in [2.24, 2.45) is 0 Å². The summed E-state index contributed by atoms with van der Waals surface area (Å²) in [5.74, 6) is 0.241. The number of nitrogens with one attached hydrogen (secondary N) is 2. The van der Waals surface area contributed by atoms with Crippen LogP contribution < -0.4 is 10.9 Å². The maximum Gasteiger partial charge on any atom is 0.279 e. The Morgan fingerprint density at radius 3 is 2.43 bits per heavy atom. The Kier molecular flexibility index (Phi) is 6.94. The van der Waals surface area contributed by atoms with E-state index >= 15 is 0 Å². The number of amides is 2. The molecular weight excluding hydrogens is 418 g/mol. The standard InChI is InChI=1S/C21H25N5O2S2/c1-5-26-18(14-8-10-15(11-9-14)21(2,3)4)23-25-20(26)30-13-17(27)22-24-19(28)16-7-6-12-29-16/h6-12H,5,13H2,1-4H3,(H,22,27)(H,24,28). The maximum atomic E-state index is 12.1. The summed E-state index contributed by atoms with van der Waals surface area (Å²) in [6, 6.07) is 11.8. The zero-order valence-corrected chi connectivity index (χ0v) is 19.1. The van der Waals surface area contributed by atoms with Gasteiger partial charge >= 0.3 is 0 Å². The lowest BCUT2D eigenvalue weighted by molar-refractivity contribution is -0.119. The molecule has 3 rings (SSSR count). The molecule has 0 radical (unpaired) electrons. The van der Waals surface area contributed by atoms with Gasteiger partial charge in [-0.3, -0.25) is 20.4 Å². The number of nitrogens with zero attached hydrogens (tertiary/aromatic N) is 3. The molecule has 2 amide bonds. The number of thioether (sulfide) groups is 1. The molecule has 0 atom stereocenters. The zero-order valence-electron chi connectivity index (χ0n) is 17.4. The van der Waals surface area contributed by atoms with Gasteiger partial charge in [-0.25, -0.2) is 0 Å². The van der Waals surface area contributed by atoms with Gasteiger partial charge in [0.25, 0.3) is 5.91 Å². The topological polar surface area (TPSA) is 88.9 Å². The van der Waals surface area contributed by atoms with E-state index in [1.807, 2.05) is 11.5 Å². The highest BCUT2D eigenvalue weighted by Gasteiger charge is 2.17. The number of carbonyl (C=O) groups excluding carboxylic acids is 2. The zero-order chi connectivity index (χ0) is 21.7.